The number of dihydropyridines is 1. The van der Waals surface area contributed by atoms with E-state index >= 15 is 0 Å². The van der Waals surface area contributed by atoms with Gasteiger partial charge in [-0.05, 0) is 66.8 Å². The molecule has 2 aliphatic rings. The molecule has 1 aliphatic carbocycles. The molecule has 3 aromatic carbocycles. The van der Waals surface area contributed by atoms with Gasteiger partial charge in [-0.15, -0.1) is 0 Å². The van der Waals surface area contributed by atoms with E-state index in [4.69, 9.17) is 25.8 Å². The maximum Gasteiger partial charge on any atom is 0.336 e. The van der Waals surface area contributed by atoms with E-state index in [0.717, 1.165) is 11.3 Å². The average molecular weight is 560 g/mol. The number of phenolic OH excluding ortho intramolecular Hbond substituents is 1. The van der Waals surface area contributed by atoms with E-state index in [2.05, 4.69) is 5.32 Å². The number of para-hydroxylation sites is 1. The van der Waals surface area contributed by atoms with Gasteiger partial charge >= 0.3 is 5.97 Å². The Morgan fingerprint density at radius 1 is 1.00 bits per heavy atom. The van der Waals surface area contributed by atoms with Gasteiger partial charge in [-0.3, -0.25) is 4.79 Å². The molecular weight excluding hydrogens is 530 g/mol. The Morgan fingerprint density at radius 3 is 2.45 bits per heavy atom. The Morgan fingerprint density at radius 2 is 1.73 bits per heavy atom. The van der Waals surface area contributed by atoms with Gasteiger partial charge in [0.1, 0.15) is 19.0 Å². The van der Waals surface area contributed by atoms with Crippen LogP contribution in [0.25, 0.3) is 0 Å². The maximum absolute atomic E-state index is 13.8. The number of rotatable bonds is 8. The minimum atomic E-state index is -0.688. The quantitative estimate of drug-likeness (QED) is 0.257. The summed E-state index contributed by atoms with van der Waals surface area (Å²) < 4.78 is 16.6. The van der Waals surface area contributed by atoms with Gasteiger partial charge in [-0.2, -0.15) is 0 Å². The second kappa shape index (κ2) is 11.9. The van der Waals surface area contributed by atoms with Crippen LogP contribution in [0.1, 0.15) is 42.7 Å². The first-order valence-electron chi connectivity index (χ1n) is 13.1. The molecule has 2 N–H and O–H groups in total. The van der Waals surface area contributed by atoms with Gasteiger partial charge < -0.3 is 24.6 Å². The molecule has 7 nitrogen and oxygen atoms in total. The summed E-state index contributed by atoms with van der Waals surface area (Å²) >= 11 is 6.08. The van der Waals surface area contributed by atoms with Gasteiger partial charge in [0.2, 0.25) is 0 Å². The lowest BCUT2D eigenvalue weighted by Crippen LogP contribution is -2.36. The number of phenols is 1. The lowest BCUT2D eigenvalue weighted by Gasteiger charge is -2.36. The fraction of sp³-hybridized carbons (Fsp3) is 0.250. The maximum atomic E-state index is 13.8. The Balaban J connectivity index is 1.45. The predicted molar refractivity (Wildman–Crippen MR) is 152 cm³/mol. The van der Waals surface area contributed by atoms with Crippen molar-refractivity contribution in [3.05, 3.63) is 111 Å². The third-order valence-corrected chi connectivity index (χ3v) is 7.51. The van der Waals surface area contributed by atoms with Crippen molar-refractivity contribution in [3.63, 3.8) is 0 Å². The summed E-state index contributed by atoms with van der Waals surface area (Å²) in [6.45, 7) is 2.03. The van der Waals surface area contributed by atoms with E-state index in [1.54, 1.807) is 12.1 Å². The van der Waals surface area contributed by atoms with Crippen LogP contribution in [-0.2, 0) is 14.3 Å². The van der Waals surface area contributed by atoms with E-state index in [1.165, 1.54) is 13.2 Å². The highest BCUT2D eigenvalue weighted by Gasteiger charge is 2.41. The summed E-state index contributed by atoms with van der Waals surface area (Å²) in [5, 5.41) is 14.2. The van der Waals surface area contributed by atoms with E-state index < -0.39 is 11.9 Å². The molecule has 0 radical (unpaired) electrons. The second-order valence-corrected chi connectivity index (χ2v) is 10.2. The Bertz CT molecular complexity index is 1480. The number of nitrogens with one attached hydrogen (secondary N) is 1. The van der Waals surface area contributed by atoms with Crippen LogP contribution in [-0.4, -0.2) is 37.2 Å². The van der Waals surface area contributed by atoms with E-state index in [-0.39, 0.29) is 36.4 Å². The van der Waals surface area contributed by atoms with Crippen LogP contribution in [0.5, 0.6) is 17.2 Å². The molecule has 0 spiro atoms. The molecule has 40 heavy (non-hydrogen) atoms. The highest BCUT2D eigenvalue weighted by Crippen LogP contribution is 2.47. The van der Waals surface area contributed by atoms with Gasteiger partial charge in [0.05, 0.1) is 12.7 Å². The first kappa shape index (κ1) is 27.3. The van der Waals surface area contributed by atoms with Crippen molar-refractivity contribution < 1.29 is 28.9 Å². The average Bonchev–Trinajstić information content (AvgIpc) is 2.95. The topological polar surface area (TPSA) is 94.1 Å². The van der Waals surface area contributed by atoms with Crippen LogP contribution in [0.2, 0.25) is 5.02 Å². The molecule has 0 fully saturated rings. The molecule has 0 saturated carbocycles. The molecule has 8 heteroatoms. The first-order valence-corrected chi connectivity index (χ1v) is 13.4. The molecule has 5 rings (SSSR count). The lowest BCUT2D eigenvalue weighted by atomic mass is 9.71. The molecule has 2 atom stereocenters. The van der Waals surface area contributed by atoms with Crippen molar-refractivity contribution in [2.75, 3.05) is 20.3 Å². The summed E-state index contributed by atoms with van der Waals surface area (Å²) in [7, 11) is 1.46. The number of carbonyl (C=O) groups excluding carboxylic acids is 2. The number of carbonyl (C=O) groups is 2. The molecule has 0 saturated heterocycles. The Kier molecular flexibility index (Phi) is 8.12. The van der Waals surface area contributed by atoms with Gasteiger partial charge in [0, 0.05) is 34.3 Å². The monoisotopic (exact) mass is 559 g/mol. The van der Waals surface area contributed by atoms with Crippen molar-refractivity contribution >= 4 is 23.4 Å². The fourth-order valence-corrected chi connectivity index (χ4v) is 5.50. The number of methoxy groups -OCH3 is 1. The number of ketones is 1. The van der Waals surface area contributed by atoms with E-state index in [0.29, 0.717) is 46.0 Å². The van der Waals surface area contributed by atoms with Crippen molar-refractivity contribution in [3.8, 4) is 17.2 Å². The van der Waals surface area contributed by atoms with Crippen molar-refractivity contribution in [2.24, 2.45) is 0 Å². The summed E-state index contributed by atoms with van der Waals surface area (Å²) in [6, 6.07) is 21.7. The number of benzene rings is 3. The number of hydrogen-bond acceptors (Lipinski definition) is 7. The molecular formula is C32H30ClNO6. The normalized spacial score (nSPS) is 18.6. The summed E-state index contributed by atoms with van der Waals surface area (Å²) in [6.07, 6.45) is 0.888. The Hall–Kier alpha value is -4.23. The second-order valence-electron chi connectivity index (χ2n) is 9.80. The van der Waals surface area contributed by atoms with Crippen molar-refractivity contribution in [1.29, 1.82) is 0 Å². The highest BCUT2D eigenvalue weighted by atomic mass is 35.5. The third-order valence-electron chi connectivity index (χ3n) is 7.25. The van der Waals surface area contributed by atoms with Crippen LogP contribution < -0.4 is 14.8 Å². The summed E-state index contributed by atoms with van der Waals surface area (Å²) in [4.78, 5) is 27.3. The molecule has 206 valence electrons. The lowest BCUT2D eigenvalue weighted by molar-refractivity contribution is -0.140. The minimum Gasteiger partial charge on any atom is -0.504 e. The minimum absolute atomic E-state index is 0.0255. The largest absolute Gasteiger partial charge is 0.504 e. The van der Waals surface area contributed by atoms with Crippen LogP contribution in [0, 0.1) is 0 Å². The number of aromatic hydroxyl groups is 1. The number of halogens is 1. The number of ether oxygens (including phenoxy) is 3. The van der Waals surface area contributed by atoms with Gasteiger partial charge in [-0.25, -0.2) is 4.79 Å². The van der Waals surface area contributed by atoms with Gasteiger partial charge in [0.15, 0.2) is 17.3 Å². The molecule has 0 aromatic heterocycles. The molecule has 0 amide bonds. The summed E-state index contributed by atoms with van der Waals surface area (Å²) in [5.41, 5.74) is 3.91. The zero-order valence-electron chi connectivity index (χ0n) is 22.3. The van der Waals surface area contributed by atoms with Gasteiger partial charge in [-0.1, -0.05) is 48.0 Å². The Labute approximate surface area is 238 Å². The van der Waals surface area contributed by atoms with Gasteiger partial charge in [0.25, 0.3) is 0 Å². The number of allylic oxidation sites excluding steroid dienone is 3. The SMILES string of the molecule is COc1cc([C@@H]2C(C(=O)OCCOc3ccccc3)=C(C)NC3=C2C(=O)C[C@H](c2ccc(Cl)cc2)C3)ccc1O. The van der Waals surface area contributed by atoms with Crippen LogP contribution >= 0.6 is 11.6 Å². The van der Waals surface area contributed by atoms with E-state index in [9.17, 15) is 14.7 Å². The number of Topliss-reactive ketones (excluding diaryl/α,β-unsaturated/α-hetero) is 1. The van der Waals surface area contributed by atoms with Crippen LogP contribution in [0.4, 0.5) is 0 Å². The zero-order chi connectivity index (χ0) is 28.2. The van der Waals surface area contributed by atoms with Crippen LogP contribution in [0.3, 0.4) is 0 Å². The number of hydrogen-bond donors (Lipinski definition) is 2. The fourth-order valence-electron chi connectivity index (χ4n) is 5.38. The first-order chi connectivity index (χ1) is 19.4. The highest BCUT2D eigenvalue weighted by molar-refractivity contribution is 6.30. The molecule has 1 heterocycles. The standard InChI is InChI=1S/C32H30ClNO6/c1-19-29(32(37)40-15-14-39-24-6-4-3-5-7-24)30(21-10-13-26(35)28(18-21)38-2)31-25(34-19)16-22(17-27(31)36)20-8-11-23(33)12-9-20/h3-13,18,22,30,34-35H,14-17H2,1-2H3/t22-,30-/m1/s1. The predicted octanol–water partition coefficient (Wildman–Crippen LogP) is 6.04. The molecule has 0 unspecified atom stereocenters. The van der Waals surface area contributed by atoms with Crippen molar-refractivity contribution in [1.82, 2.24) is 5.32 Å². The number of esters is 1. The smallest absolute Gasteiger partial charge is 0.336 e. The third kappa shape index (κ3) is 5.70. The molecule has 3 aromatic rings. The summed E-state index contributed by atoms with van der Waals surface area (Å²) in [5.74, 6) is -0.416. The van der Waals surface area contributed by atoms with Crippen LogP contribution in [0.15, 0.2) is 95.3 Å². The van der Waals surface area contributed by atoms with Crippen molar-refractivity contribution in [2.45, 2.75) is 31.6 Å². The molecule has 1 aliphatic heterocycles. The van der Waals surface area contributed by atoms with E-state index in [1.807, 2.05) is 61.5 Å². The zero-order valence-corrected chi connectivity index (χ0v) is 23.0. The molecule has 0 bridgehead atoms.